The first-order valence-electron chi connectivity index (χ1n) is 12.3. The SMILES string of the molecule is CC(C)(C)c1nnc(-c2cnc(Nc3ccc4c(c3)CCCS4(=O)=O)nc2[N-]C(CO)c2ccccc2)o1. The van der Waals surface area contributed by atoms with Crippen LogP contribution in [-0.4, -0.2) is 46.0 Å². The highest BCUT2D eigenvalue weighted by molar-refractivity contribution is 7.91. The molecule has 198 valence electrons. The third-order valence-electron chi connectivity index (χ3n) is 6.21. The number of sulfone groups is 1. The molecule has 0 amide bonds. The molecular weight excluding hydrogens is 504 g/mol. The van der Waals surface area contributed by atoms with Crippen LogP contribution in [0.25, 0.3) is 16.8 Å². The largest absolute Gasteiger partial charge is 0.455 e. The lowest BCUT2D eigenvalue weighted by atomic mass is 9.97. The van der Waals surface area contributed by atoms with Gasteiger partial charge in [-0.15, -0.1) is 10.2 Å². The molecule has 0 radical (unpaired) electrons. The molecule has 2 aromatic heterocycles. The molecule has 0 saturated carbocycles. The molecule has 4 aromatic rings. The van der Waals surface area contributed by atoms with E-state index in [0.717, 1.165) is 11.1 Å². The van der Waals surface area contributed by atoms with Gasteiger partial charge in [-0.2, -0.15) is 0 Å². The molecule has 2 N–H and O–H groups in total. The number of aryl methyl sites for hydroxylation is 1. The van der Waals surface area contributed by atoms with Gasteiger partial charge in [0.1, 0.15) is 5.95 Å². The number of nitrogens with zero attached hydrogens (tertiary/aromatic N) is 5. The number of aliphatic hydroxyl groups excluding tert-OH is 1. The van der Waals surface area contributed by atoms with E-state index in [0.29, 0.717) is 34.9 Å². The molecule has 5 rings (SSSR count). The van der Waals surface area contributed by atoms with Crippen LogP contribution in [0.3, 0.4) is 0 Å². The van der Waals surface area contributed by atoms with Crippen LogP contribution in [-0.2, 0) is 21.7 Å². The van der Waals surface area contributed by atoms with Crippen molar-refractivity contribution in [2.75, 3.05) is 17.7 Å². The van der Waals surface area contributed by atoms with Crippen LogP contribution in [0.2, 0.25) is 0 Å². The molecule has 1 aliphatic heterocycles. The summed E-state index contributed by atoms with van der Waals surface area (Å²) in [4.78, 5) is 9.44. The lowest BCUT2D eigenvalue weighted by molar-refractivity contribution is 0.280. The maximum absolute atomic E-state index is 12.4. The summed E-state index contributed by atoms with van der Waals surface area (Å²) in [6.07, 6.45) is 2.83. The number of hydrogen-bond donors (Lipinski definition) is 2. The second-order valence-electron chi connectivity index (χ2n) is 10.2. The zero-order chi connectivity index (χ0) is 26.9. The van der Waals surface area contributed by atoms with Gasteiger partial charge in [0, 0.05) is 29.9 Å². The third-order valence-corrected chi connectivity index (χ3v) is 8.11. The molecule has 0 saturated heterocycles. The highest BCUT2D eigenvalue weighted by Crippen LogP contribution is 2.38. The average molecular weight is 534 g/mol. The number of aliphatic hydroxyl groups is 1. The summed E-state index contributed by atoms with van der Waals surface area (Å²) in [5.74, 6) is 1.39. The van der Waals surface area contributed by atoms with Crippen LogP contribution < -0.4 is 5.32 Å². The topological polar surface area (TPSA) is 145 Å². The lowest BCUT2D eigenvalue weighted by Crippen LogP contribution is -2.16. The molecule has 0 bridgehead atoms. The van der Waals surface area contributed by atoms with Crippen LogP contribution in [0.1, 0.15) is 50.3 Å². The molecule has 10 nitrogen and oxygen atoms in total. The van der Waals surface area contributed by atoms with Crippen LogP contribution in [0.15, 0.2) is 64.0 Å². The highest BCUT2D eigenvalue weighted by Gasteiger charge is 2.24. The number of rotatable bonds is 7. The van der Waals surface area contributed by atoms with Gasteiger partial charge in [0.25, 0.3) is 0 Å². The Morgan fingerprint density at radius 1 is 1.13 bits per heavy atom. The van der Waals surface area contributed by atoms with E-state index >= 15 is 0 Å². The van der Waals surface area contributed by atoms with Crippen LogP contribution >= 0.6 is 0 Å². The van der Waals surface area contributed by atoms with Crippen LogP contribution in [0.4, 0.5) is 17.5 Å². The van der Waals surface area contributed by atoms with Crippen molar-refractivity contribution in [2.45, 2.75) is 50.0 Å². The Balaban J connectivity index is 1.51. The van der Waals surface area contributed by atoms with E-state index in [1.165, 1.54) is 0 Å². The number of fused-ring (bicyclic) bond motifs is 1. The monoisotopic (exact) mass is 533 g/mol. The number of aromatic nitrogens is 4. The Morgan fingerprint density at radius 2 is 1.92 bits per heavy atom. The van der Waals surface area contributed by atoms with Gasteiger partial charge in [-0.3, -0.25) is 0 Å². The first-order chi connectivity index (χ1) is 18.1. The van der Waals surface area contributed by atoms with E-state index in [1.807, 2.05) is 57.2 Å². The predicted molar refractivity (Wildman–Crippen MR) is 143 cm³/mol. The molecule has 0 spiro atoms. The Kier molecular flexibility index (Phi) is 6.89. The van der Waals surface area contributed by atoms with Crippen LogP contribution in [0, 0.1) is 0 Å². The van der Waals surface area contributed by atoms with Crippen molar-refractivity contribution in [1.29, 1.82) is 0 Å². The highest BCUT2D eigenvalue weighted by atomic mass is 32.2. The summed E-state index contributed by atoms with van der Waals surface area (Å²) in [5, 5.41) is 26.4. The summed E-state index contributed by atoms with van der Waals surface area (Å²) in [6, 6.07) is 14.0. The summed E-state index contributed by atoms with van der Waals surface area (Å²) in [5.41, 5.74) is 2.35. The van der Waals surface area contributed by atoms with Crippen molar-refractivity contribution < 1.29 is 17.9 Å². The number of anilines is 2. The number of nitrogens with one attached hydrogen (secondary N) is 1. The summed E-state index contributed by atoms with van der Waals surface area (Å²) in [6.45, 7) is 5.69. The molecule has 1 atom stereocenters. The molecule has 0 fully saturated rings. The Morgan fingerprint density at radius 3 is 2.63 bits per heavy atom. The van der Waals surface area contributed by atoms with Gasteiger partial charge < -0.3 is 25.1 Å². The Bertz CT molecular complexity index is 1550. The fourth-order valence-electron chi connectivity index (χ4n) is 4.21. The van der Waals surface area contributed by atoms with Crippen molar-refractivity contribution >= 4 is 27.3 Å². The molecule has 1 aliphatic rings. The minimum absolute atomic E-state index is 0.169. The van der Waals surface area contributed by atoms with Gasteiger partial charge in [0.05, 0.1) is 16.2 Å². The van der Waals surface area contributed by atoms with Crippen molar-refractivity contribution in [3.63, 3.8) is 0 Å². The lowest BCUT2D eigenvalue weighted by Gasteiger charge is -2.27. The van der Waals surface area contributed by atoms with E-state index in [2.05, 4.69) is 25.5 Å². The summed E-state index contributed by atoms with van der Waals surface area (Å²) in [7, 11) is -3.25. The average Bonchev–Trinajstić information content (AvgIpc) is 3.39. The molecule has 38 heavy (non-hydrogen) atoms. The fourth-order valence-corrected chi connectivity index (χ4v) is 5.79. The molecule has 2 aromatic carbocycles. The number of hydrogen-bond acceptors (Lipinski definition) is 9. The minimum atomic E-state index is -3.25. The van der Waals surface area contributed by atoms with Gasteiger partial charge in [0.15, 0.2) is 9.84 Å². The Hall–Kier alpha value is -3.83. The zero-order valence-electron chi connectivity index (χ0n) is 21.4. The predicted octanol–water partition coefficient (Wildman–Crippen LogP) is 5.03. The van der Waals surface area contributed by atoms with Crippen molar-refractivity contribution in [3.05, 3.63) is 77.1 Å². The standard InChI is InChI=1S/C27H29N6O4S/c1-27(2,3)25-33-32-24(37-25)20-15-28-26(31-23(20)30-21(16-34)17-8-5-4-6-9-17)29-19-11-12-22-18(14-19)10-7-13-38(22,35)36/h4-6,8-9,11-12,14-15,21,34H,7,10,13,16H2,1-3H3,(H-,28,29,30,31)/q-1. The quantitative estimate of drug-likeness (QED) is 0.334. The molecular formula is C27H29N6O4S-. The van der Waals surface area contributed by atoms with Crippen molar-refractivity contribution in [1.82, 2.24) is 20.2 Å². The van der Waals surface area contributed by atoms with Crippen molar-refractivity contribution in [2.24, 2.45) is 0 Å². The third kappa shape index (κ3) is 5.39. The van der Waals surface area contributed by atoms with Gasteiger partial charge in [-0.25, -0.2) is 13.4 Å². The second kappa shape index (κ2) is 10.1. The first kappa shape index (κ1) is 25.8. The summed E-state index contributed by atoms with van der Waals surface area (Å²) >= 11 is 0. The fraction of sp³-hybridized carbons (Fsp3) is 0.333. The maximum Gasteiger partial charge on any atom is 0.249 e. The second-order valence-corrected chi connectivity index (χ2v) is 12.3. The van der Waals surface area contributed by atoms with Gasteiger partial charge >= 0.3 is 0 Å². The van der Waals surface area contributed by atoms with Gasteiger partial charge in [-0.1, -0.05) is 51.1 Å². The molecule has 1 unspecified atom stereocenters. The number of benzene rings is 2. The molecule has 11 heteroatoms. The van der Waals surface area contributed by atoms with Crippen LogP contribution in [0.5, 0.6) is 0 Å². The van der Waals surface area contributed by atoms with Gasteiger partial charge in [0.2, 0.25) is 11.8 Å². The minimum Gasteiger partial charge on any atom is -0.455 e. The smallest absolute Gasteiger partial charge is 0.249 e. The van der Waals surface area contributed by atoms with Crippen molar-refractivity contribution in [3.8, 4) is 11.5 Å². The summed E-state index contributed by atoms with van der Waals surface area (Å²) < 4.78 is 30.7. The normalized spacial score (nSPS) is 15.5. The molecule has 0 aliphatic carbocycles. The van der Waals surface area contributed by atoms with E-state index in [-0.39, 0.29) is 35.4 Å². The van der Waals surface area contributed by atoms with E-state index in [9.17, 15) is 13.5 Å². The zero-order valence-corrected chi connectivity index (χ0v) is 22.2. The van der Waals surface area contributed by atoms with E-state index in [4.69, 9.17) is 9.73 Å². The van der Waals surface area contributed by atoms with E-state index in [1.54, 1.807) is 18.3 Å². The Labute approximate surface area is 221 Å². The first-order valence-corrected chi connectivity index (χ1v) is 14.0. The van der Waals surface area contributed by atoms with E-state index < -0.39 is 15.9 Å². The van der Waals surface area contributed by atoms with Gasteiger partial charge in [-0.05, 0) is 48.0 Å². The molecule has 3 heterocycles. The maximum atomic E-state index is 12.4.